The normalized spacial score (nSPS) is 15.1. The Morgan fingerprint density at radius 1 is 0.471 bits per heavy atom. The molecule has 0 aliphatic heterocycles. The molecule has 0 saturated heterocycles. The molecule has 0 radical (unpaired) electrons. The van der Waals surface area contributed by atoms with Crippen molar-refractivity contribution in [3.8, 4) is 33.4 Å². The molecule has 3 aliphatic carbocycles. The molecule has 3 aliphatic rings. The predicted molar refractivity (Wildman–Crippen MR) is 141 cm³/mol. The second-order valence-corrected chi connectivity index (χ2v) is 9.60. The van der Waals surface area contributed by atoms with Crippen molar-refractivity contribution in [1.82, 2.24) is 0 Å². The Morgan fingerprint density at radius 3 is 1.94 bits per heavy atom. The first kappa shape index (κ1) is 18.3. The summed E-state index contributed by atoms with van der Waals surface area (Å²) in [7, 11) is 0. The summed E-state index contributed by atoms with van der Waals surface area (Å²) in [4.78, 5) is 0. The van der Waals surface area contributed by atoms with Crippen LogP contribution in [0.5, 0.6) is 0 Å². The van der Waals surface area contributed by atoms with Gasteiger partial charge in [0.25, 0.3) is 0 Å². The smallest absolute Gasteiger partial charge is 0.0725 e. The number of rotatable bonds is 1. The van der Waals surface area contributed by atoms with E-state index in [-0.39, 0.29) is 5.41 Å². The molecular formula is C34H22. The van der Waals surface area contributed by atoms with Crippen LogP contribution in [0.2, 0.25) is 0 Å². The van der Waals surface area contributed by atoms with Gasteiger partial charge in [-0.2, -0.15) is 0 Å². The molecule has 0 unspecified atom stereocenters. The molecule has 34 heavy (non-hydrogen) atoms. The second kappa shape index (κ2) is 6.46. The summed E-state index contributed by atoms with van der Waals surface area (Å²) in [6.45, 7) is 0. The number of hydrogen-bond donors (Lipinski definition) is 0. The van der Waals surface area contributed by atoms with Gasteiger partial charge >= 0.3 is 0 Å². The molecule has 0 heterocycles. The lowest BCUT2D eigenvalue weighted by Gasteiger charge is -2.30. The van der Waals surface area contributed by atoms with Crippen molar-refractivity contribution < 1.29 is 0 Å². The number of benzene rings is 5. The van der Waals surface area contributed by atoms with Crippen LogP contribution in [-0.4, -0.2) is 0 Å². The summed E-state index contributed by atoms with van der Waals surface area (Å²) in [5.74, 6) is 0. The zero-order valence-electron chi connectivity index (χ0n) is 18.8. The van der Waals surface area contributed by atoms with Gasteiger partial charge < -0.3 is 0 Å². The average Bonchev–Trinajstić information content (AvgIpc) is 3.58. The van der Waals surface area contributed by atoms with E-state index in [9.17, 15) is 0 Å². The zero-order chi connectivity index (χ0) is 22.3. The fraction of sp³-hybridized carbons (Fsp3) is 0.0588. The van der Waals surface area contributed by atoms with Gasteiger partial charge in [-0.05, 0) is 78.6 Å². The first-order valence-electron chi connectivity index (χ1n) is 12.1. The molecule has 5 aromatic carbocycles. The highest BCUT2D eigenvalue weighted by atomic mass is 14.5. The maximum atomic E-state index is 2.47. The molecule has 8 rings (SSSR count). The van der Waals surface area contributed by atoms with Crippen molar-refractivity contribution in [2.24, 2.45) is 0 Å². The highest BCUT2D eigenvalue weighted by Gasteiger charge is 2.51. The first-order chi connectivity index (χ1) is 16.9. The molecule has 0 aromatic heterocycles. The highest BCUT2D eigenvalue weighted by molar-refractivity contribution is 5.96. The third-order valence-electron chi connectivity index (χ3n) is 8.10. The molecule has 0 fully saturated rings. The maximum Gasteiger partial charge on any atom is 0.0725 e. The van der Waals surface area contributed by atoms with Crippen LogP contribution in [0, 0.1) is 0 Å². The van der Waals surface area contributed by atoms with Crippen LogP contribution in [0.4, 0.5) is 0 Å². The van der Waals surface area contributed by atoms with E-state index in [0.717, 1.165) is 6.42 Å². The fourth-order valence-electron chi connectivity index (χ4n) is 6.78. The molecule has 0 saturated carbocycles. The van der Waals surface area contributed by atoms with Gasteiger partial charge in [-0.25, -0.2) is 0 Å². The van der Waals surface area contributed by atoms with E-state index in [0.29, 0.717) is 0 Å². The minimum Gasteiger partial charge on any atom is -0.0728 e. The van der Waals surface area contributed by atoms with E-state index >= 15 is 0 Å². The van der Waals surface area contributed by atoms with E-state index in [1.165, 1.54) is 66.1 Å². The lowest BCUT2D eigenvalue weighted by molar-refractivity contribution is 0.793. The Morgan fingerprint density at radius 2 is 1.18 bits per heavy atom. The van der Waals surface area contributed by atoms with Gasteiger partial charge in [-0.1, -0.05) is 115 Å². The summed E-state index contributed by atoms with van der Waals surface area (Å²) in [6, 6.07) is 40.8. The summed E-state index contributed by atoms with van der Waals surface area (Å²) in [6.07, 6.45) is 5.79. The fourth-order valence-corrected chi connectivity index (χ4v) is 6.78. The minimum absolute atomic E-state index is 0.284. The first-order valence-corrected chi connectivity index (χ1v) is 12.1. The largest absolute Gasteiger partial charge is 0.0728 e. The molecule has 0 heteroatoms. The zero-order valence-corrected chi connectivity index (χ0v) is 18.8. The van der Waals surface area contributed by atoms with Crippen LogP contribution in [0.15, 0.2) is 109 Å². The van der Waals surface area contributed by atoms with Crippen molar-refractivity contribution in [2.75, 3.05) is 0 Å². The Labute approximate surface area is 199 Å². The van der Waals surface area contributed by atoms with E-state index in [2.05, 4.69) is 121 Å². The molecular weight excluding hydrogens is 408 g/mol. The van der Waals surface area contributed by atoms with E-state index in [4.69, 9.17) is 0 Å². The molecule has 0 nitrogen and oxygen atoms in total. The standard InChI is InChI=1S/C34H22/c1-2-9-22(10-3-1)24-17-19-28-32(21-24)34(31-20-18-23-11-8-14-25(23)33(28)31)29-15-6-4-12-26(29)27-13-5-7-16-30(27)34/h1-7,9-21H,8H2. The van der Waals surface area contributed by atoms with Gasteiger partial charge in [0.1, 0.15) is 0 Å². The van der Waals surface area contributed by atoms with Gasteiger partial charge in [-0.15, -0.1) is 0 Å². The van der Waals surface area contributed by atoms with Crippen LogP contribution < -0.4 is 10.4 Å². The highest BCUT2D eigenvalue weighted by Crippen LogP contribution is 2.62. The number of fused-ring (bicyclic) bond motifs is 12. The lowest BCUT2D eigenvalue weighted by atomic mass is 9.70. The molecule has 0 bridgehead atoms. The summed E-state index contributed by atoms with van der Waals surface area (Å²) in [5, 5.41) is 2.78. The molecule has 0 atom stereocenters. The van der Waals surface area contributed by atoms with E-state index < -0.39 is 0 Å². The third-order valence-corrected chi connectivity index (χ3v) is 8.10. The minimum atomic E-state index is -0.284. The Bertz CT molecular complexity index is 1720. The van der Waals surface area contributed by atoms with Gasteiger partial charge in [-0.3, -0.25) is 0 Å². The summed E-state index contributed by atoms with van der Waals surface area (Å²) < 4.78 is 0. The van der Waals surface area contributed by atoms with Crippen molar-refractivity contribution in [2.45, 2.75) is 11.8 Å². The third kappa shape index (κ3) is 2.10. The van der Waals surface area contributed by atoms with Crippen LogP contribution in [0.25, 0.3) is 45.5 Å². The molecule has 5 aromatic rings. The van der Waals surface area contributed by atoms with Gasteiger partial charge in [0.15, 0.2) is 0 Å². The number of hydrogen-bond acceptors (Lipinski definition) is 0. The monoisotopic (exact) mass is 430 g/mol. The average molecular weight is 431 g/mol. The molecule has 0 amide bonds. The quantitative estimate of drug-likeness (QED) is 0.273. The Kier molecular flexibility index (Phi) is 3.47. The summed E-state index contributed by atoms with van der Waals surface area (Å²) >= 11 is 0. The lowest BCUT2D eigenvalue weighted by Crippen LogP contribution is -2.29. The second-order valence-electron chi connectivity index (χ2n) is 9.60. The Balaban J connectivity index is 1.58. The van der Waals surface area contributed by atoms with Crippen molar-refractivity contribution >= 4 is 12.2 Å². The van der Waals surface area contributed by atoms with Gasteiger partial charge in [0.05, 0.1) is 5.41 Å². The van der Waals surface area contributed by atoms with E-state index in [1.807, 2.05) is 0 Å². The van der Waals surface area contributed by atoms with Crippen molar-refractivity contribution in [3.63, 3.8) is 0 Å². The van der Waals surface area contributed by atoms with Crippen molar-refractivity contribution in [3.05, 3.63) is 142 Å². The predicted octanol–water partition coefficient (Wildman–Crippen LogP) is 6.66. The molecule has 158 valence electrons. The van der Waals surface area contributed by atoms with Crippen LogP contribution in [-0.2, 0) is 5.41 Å². The topological polar surface area (TPSA) is 0 Å². The van der Waals surface area contributed by atoms with Gasteiger partial charge in [0.2, 0.25) is 0 Å². The van der Waals surface area contributed by atoms with Crippen LogP contribution >= 0.6 is 0 Å². The van der Waals surface area contributed by atoms with Crippen molar-refractivity contribution in [1.29, 1.82) is 0 Å². The van der Waals surface area contributed by atoms with Crippen LogP contribution in [0.3, 0.4) is 0 Å². The van der Waals surface area contributed by atoms with Gasteiger partial charge in [0, 0.05) is 0 Å². The molecule has 0 N–H and O–H groups in total. The maximum absolute atomic E-state index is 2.47. The van der Waals surface area contributed by atoms with Crippen LogP contribution in [0.1, 0.15) is 28.7 Å². The molecule has 1 spiro atoms. The summed E-state index contributed by atoms with van der Waals surface area (Å²) in [5.41, 5.74) is 13.4. The SMILES string of the molecule is C1=c2ccc3c(c2=CC1)-c1ccc(-c2ccccc2)cc1C31c2ccccc2-c2ccccc21. The van der Waals surface area contributed by atoms with E-state index in [1.54, 1.807) is 0 Å². The Hall–Kier alpha value is -4.16.